The first kappa shape index (κ1) is 48.4. The molecule has 0 unspecified atom stereocenters. The average molecular weight is 844 g/mol. The first-order valence-corrected chi connectivity index (χ1v) is 19.3. The number of pyridine rings is 3. The number of benzene rings is 3. The second kappa shape index (κ2) is 22.4. The van der Waals surface area contributed by atoms with E-state index >= 15 is 0 Å². The van der Waals surface area contributed by atoms with Crippen LogP contribution in [0.15, 0.2) is 91.0 Å². The van der Waals surface area contributed by atoms with Gasteiger partial charge in [-0.15, -0.1) is 0 Å². The van der Waals surface area contributed by atoms with Gasteiger partial charge in [0.25, 0.3) is 0 Å². The van der Waals surface area contributed by atoms with Gasteiger partial charge in [0.1, 0.15) is 0 Å². The smallest absolute Gasteiger partial charge is 0.0900 e. The van der Waals surface area contributed by atoms with E-state index in [-0.39, 0.29) is 35.6 Å². The van der Waals surface area contributed by atoms with Crippen molar-refractivity contribution in [3.05, 3.63) is 158 Å². The molecule has 1 fully saturated rings. The predicted octanol–water partition coefficient (Wildman–Crippen LogP) is 6.91. The molecule has 3 aromatic heterocycles. The van der Waals surface area contributed by atoms with E-state index in [2.05, 4.69) is 51.4 Å². The summed E-state index contributed by atoms with van der Waals surface area (Å²) in [5, 5.41) is 32.5. The van der Waals surface area contributed by atoms with Crippen LogP contribution in [0.1, 0.15) is 94.4 Å². The van der Waals surface area contributed by atoms with Gasteiger partial charge in [0.15, 0.2) is 0 Å². The molecular formula is C49H50N3O7V-3. The van der Waals surface area contributed by atoms with Crippen molar-refractivity contribution in [1.82, 2.24) is 15.0 Å². The van der Waals surface area contributed by atoms with Crippen molar-refractivity contribution in [2.24, 2.45) is 0 Å². The molecule has 1 saturated heterocycles. The molecule has 1 aliphatic heterocycles. The number of carboxylic acid groups (broad SMARTS) is 3. The molecule has 0 amide bonds. The molecule has 0 atom stereocenters. The van der Waals surface area contributed by atoms with Gasteiger partial charge in [0.2, 0.25) is 0 Å². The number of nitrogens with zero attached hydrogens (tertiary/aromatic N) is 3. The molecule has 0 bridgehead atoms. The minimum atomic E-state index is -1.25. The van der Waals surface area contributed by atoms with Crippen molar-refractivity contribution >= 4 is 17.9 Å². The third kappa shape index (κ3) is 13.3. The van der Waals surface area contributed by atoms with E-state index in [0.29, 0.717) is 17.1 Å². The summed E-state index contributed by atoms with van der Waals surface area (Å²) in [6, 6.07) is 27.2. The number of aromatic carboxylic acids is 3. The van der Waals surface area contributed by atoms with Gasteiger partial charge in [-0.05, 0) is 145 Å². The van der Waals surface area contributed by atoms with Gasteiger partial charge in [-0.3, -0.25) is 0 Å². The Balaban J connectivity index is 0.000000224. The van der Waals surface area contributed by atoms with E-state index in [0.717, 1.165) is 63.3 Å². The van der Waals surface area contributed by atoms with Crippen LogP contribution in [0.25, 0.3) is 33.8 Å². The maximum absolute atomic E-state index is 10.8. The van der Waals surface area contributed by atoms with Crippen molar-refractivity contribution in [1.29, 1.82) is 0 Å². The number of hydrogen-bond donors (Lipinski definition) is 0. The summed E-state index contributed by atoms with van der Waals surface area (Å²) in [7, 11) is 0. The zero-order valence-electron chi connectivity index (χ0n) is 35.6. The van der Waals surface area contributed by atoms with Crippen LogP contribution < -0.4 is 15.3 Å². The van der Waals surface area contributed by atoms with E-state index in [4.69, 9.17) is 4.74 Å². The minimum absolute atomic E-state index is 0. The fraction of sp³-hybridized carbons (Fsp3) is 0.265. The molecule has 6 aromatic rings. The summed E-state index contributed by atoms with van der Waals surface area (Å²) in [5.41, 5.74) is 15.0. The molecule has 11 heteroatoms. The van der Waals surface area contributed by atoms with Gasteiger partial charge >= 0.3 is 0 Å². The summed E-state index contributed by atoms with van der Waals surface area (Å²) in [6.45, 7) is 20.1. The topological polar surface area (TPSA) is 168 Å². The van der Waals surface area contributed by atoms with Gasteiger partial charge in [-0.25, -0.2) is 15.0 Å². The zero-order chi connectivity index (χ0) is 43.4. The van der Waals surface area contributed by atoms with Crippen molar-refractivity contribution in [3.63, 3.8) is 0 Å². The molecule has 10 nitrogen and oxygen atoms in total. The van der Waals surface area contributed by atoms with Crippen LogP contribution in [0.5, 0.6) is 0 Å². The molecule has 311 valence electrons. The molecule has 4 heterocycles. The molecular weight excluding hydrogens is 793 g/mol. The van der Waals surface area contributed by atoms with Crippen LogP contribution in [0.3, 0.4) is 0 Å². The second-order valence-corrected chi connectivity index (χ2v) is 14.7. The number of hydrogen-bond acceptors (Lipinski definition) is 10. The Morgan fingerprint density at radius 3 is 0.850 bits per heavy atom. The molecule has 1 aliphatic rings. The Bertz CT molecular complexity index is 2140. The number of rotatable bonds is 6. The molecule has 0 aliphatic carbocycles. The Hall–Kier alpha value is -5.94. The molecule has 0 saturated carbocycles. The first-order valence-electron chi connectivity index (χ1n) is 19.3. The number of aryl methyl sites for hydroxylation is 9. The molecule has 0 N–H and O–H groups in total. The summed E-state index contributed by atoms with van der Waals surface area (Å²) in [4.78, 5) is 44.9. The molecule has 3 aromatic carbocycles. The molecule has 0 spiro atoms. The monoisotopic (exact) mass is 843 g/mol. The SMILES string of the molecule is C1CCOC1.Cc1cc(C)c(-c2cccc(C(=O)[O-])n2)c(C)c1.Cc1cc(C)c(-c2cccc(C(=O)[O-])n2)c(C)c1.Cc1cc(C)c(-c2cccc(C(=O)[O-])n2)c(C)c1.[V]. The van der Waals surface area contributed by atoms with Crippen LogP contribution in [-0.2, 0) is 23.3 Å². The molecule has 60 heavy (non-hydrogen) atoms. The van der Waals surface area contributed by atoms with Crippen molar-refractivity contribution in [2.45, 2.75) is 75.2 Å². The number of aromatic nitrogens is 3. The van der Waals surface area contributed by atoms with E-state index in [1.807, 2.05) is 80.5 Å². The van der Waals surface area contributed by atoms with Crippen molar-refractivity contribution < 1.29 is 53.0 Å². The van der Waals surface area contributed by atoms with Crippen LogP contribution >= 0.6 is 0 Å². The number of carbonyl (C=O) groups excluding carboxylic acids is 3. The number of carbonyl (C=O) groups is 3. The maximum atomic E-state index is 10.8. The van der Waals surface area contributed by atoms with E-state index in [1.165, 1.54) is 47.7 Å². The molecule has 1 radical (unpaired) electrons. The van der Waals surface area contributed by atoms with Gasteiger partial charge in [0, 0.05) is 48.5 Å². The summed E-state index contributed by atoms with van der Waals surface area (Å²) >= 11 is 0. The summed E-state index contributed by atoms with van der Waals surface area (Å²) in [5.74, 6) is -3.75. The standard InChI is InChI=1S/3C15H15NO2.C4H8O.V/c3*1-9-7-10(2)14(11(3)8-9)12-5-4-6-13(16-12)15(17)18;1-2-4-5-3-1;/h3*4-8H,1-3H3,(H,17,18);1-4H2;/p-3. The summed E-state index contributed by atoms with van der Waals surface area (Å²) in [6.07, 6.45) is 2.56. The Labute approximate surface area is 364 Å². The predicted molar refractivity (Wildman–Crippen MR) is 225 cm³/mol. The van der Waals surface area contributed by atoms with Crippen LogP contribution in [0.2, 0.25) is 0 Å². The van der Waals surface area contributed by atoms with Crippen molar-refractivity contribution in [3.8, 4) is 33.8 Å². The minimum Gasteiger partial charge on any atom is -0.543 e. The van der Waals surface area contributed by atoms with Gasteiger partial charge in [-0.2, -0.15) is 0 Å². The van der Waals surface area contributed by atoms with Crippen LogP contribution in [0.4, 0.5) is 0 Å². The largest absolute Gasteiger partial charge is 0.543 e. The van der Waals surface area contributed by atoms with Crippen molar-refractivity contribution in [2.75, 3.05) is 13.2 Å². The van der Waals surface area contributed by atoms with Crippen LogP contribution in [0, 0.1) is 62.3 Å². The number of carboxylic acids is 3. The average Bonchev–Trinajstić information content (AvgIpc) is 3.76. The third-order valence-corrected chi connectivity index (χ3v) is 9.50. The number of ether oxygens (including phenoxy) is 1. The van der Waals surface area contributed by atoms with Gasteiger partial charge in [-0.1, -0.05) is 71.3 Å². The fourth-order valence-electron chi connectivity index (χ4n) is 7.33. The Morgan fingerprint density at radius 2 is 0.667 bits per heavy atom. The Morgan fingerprint density at radius 1 is 0.433 bits per heavy atom. The van der Waals surface area contributed by atoms with E-state index in [1.54, 1.807) is 18.2 Å². The molecule has 7 rings (SSSR count). The van der Waals surface area contributed by atoms with E-state index < -0.39 is 17.9 Å². The Kier molecular flexibility index (Phi) is 18.1. The quantitative estimate of drug-likeness (QED) is 0.172. The first-order chi connectivity index (χ1) is 28.0. The van der Waals surface area contributed by atoms with Gasteiger partial charge < -0.3 is 34.4 Å². The zero-order valence-corrected chi connectivity index (χ0v) is 37.0. The van der Waals surface area contributed by atoms with Gasteiger partial charge in [0.05, 0.1) is 52.1 Å². The second-order valence-electron chi connectivity index (χ2n) is 14.7. The maximum Gasteiger partial charge on any atom is 0.0900 e. The summed E-state index contributed by atoms with van der Waals surface area (Å²) < 4.78 is 4.94. The normalized spacial score (nSPS) is 11.3. The third-order valence-electron chi connectivity index (χ3n) is 9.50. The van der Waals surface area contributed by atoms with Crippen LogP contribution in [-0.4, -0.2) is 46.1 Å². The fourth-order valence-corrected chi connectivity index (χ4v) is 7.33. The van der Waals surface area contributed by atoms with E-state index in [9.17, 15) is 29.7 Å².